The Bertz CT molecular complexity index is 1260. The van der Waals surface area contributed by atoms with Gasteiger partial charge in [-0.1, -0.05) is 47.1 Å². The van der Waals surface area contributed by atoms with E-state index in [2.05, 4.69) is 59.1 Å². The van der Waals surface area contributed by atoms with Crippen molar-refractivity contribution < 1.29 is 28.7 Å². The van der Waals surface area contributed by atoms with Crippen LogP contribution in [0, 0.1) is 50.2 Å². The molecule has 0 aromatic heterocycles. The van der Waals surface area contributed by atoms with E-state index in [9.17, 15) is 19.2 Å². The lowest BCUT2D eigenvalue weighted by atomic mass is 9.33. The smallest absolute Gasteiger partial charge is 0.325 e. The van der Waals surface area contributed by atoms with E-state index in [0.717, 1.165) is 57.8 Å². The van der Waals surface area contributed by atoms with Crippen molar-refractivity contribution in [3.8, 4) is 0 Å². The molecular weight excluding hydrogens is 556 g/mol. The highest BCUT2D eigenvalue weighted by atomic mass is 16.5. The van der Waals surface area contributed by atoms with Gasteiger partial charge in [0.05, 0.1) is 19.1 Å². The van der Waals surface area contributed by atoms with Crippen LogP contribution in [0.2, 0.25) is 0 Å². The van der Waals surface area contributed by atoms with Crippen LogP contribution in [0.25, 0.3) is 0 Å². The number of hydrogen-bond acceptors (Lipinski definition) is 6. The number of ketones is 1. The molecule has 0 aromatic rings. The highest BCUT2D eigenvalue weighted by molar-refractivity contribution is 5.95. The van der Waals surface area contributed by atoms with Crippen LogP contribution in [0.5, 0.6) is 0 Å². The minimum absolute atomic E-state index is 0.0684. The van der Waals surface area contributed by atoms with E-state index in [1.807, 2.05) is 6.08 Å². The number of carbonyl (C=O) groups excluding carboxylic acids is 4. The first-order valence-corrected chi connectivity index (χ1v) is 17.0. The van der Waals surface area contributed by atoms with E-state index in [-0.39, 0.29) is 81.8 Å². The minimum atomic E-state index is -0.527. The summed E-state index contributed by atoms with van der Waals surface area (Å²) in [4.78, 5) is 52.1. The number of fused-ring (bicyclic) bond motifs is 7. The van der Waals surface area contributed by atoms with Crippen LogP contribution in [0.4, 0.5) is 4.79 Å². The fourth-order valence-corrected chi connectivity index (χ4v) is 11.5. The Morgan fingerprint density at radius 2 is 1.61 bits per heavy atom. The summed E-state index contributed by atoms with van der Waals surface area (Å²) in [6.07, 6.45) is 10.4. The molecule has 0 aliphatic heterocycles. The average Bonchev–Trinajstić information content (AvgIpc) is 2.95. The average molecular weight is 613 g/mol. The molecule has 0 radical (unpaired) electrons. The molecule has 5 aliphatic carbocycles. The molecule has 8 heteroatoms. The van der Waals surface area contributed by atoms with Gasteiger partial charge in [0.2, 0.25) is 0 Å². The van der Waals surface area contributed by atoms with E-state index >= 15 is 0 Å². The van der Waals surface area contributed by atoms with Gasteiger partial charge in [0.15, 0.2) is 5.78 Å². The van der Waals surface area contributed by atoms with Crippen LogP contribution in [0.1, 0.15) is 113 Å². The molecule has 5 rings (SSSR count). The monoisotopic (exact) mass is 612 g/mol. The molecule has 8 nitrogen and oxygen atoms in total. The maximum absolute atomic E-state index is 14.6. The van der Waals surface area contributed by atoms with Crippen LogP contribution in [0.3, 0.4) is 0 Å². The molecule has 4 fully saturated rings. The van der Waals surface area contributed by atoms with Gasteiger partial charge in [-0.05, 0) is 117 Å². The Balaban J connectivity index is 1.44. The largest absolute Gasteiger partial charge is 0.469 e. The van der Waals surface area contributed by atoms with E-state index in [1.54, 1.807) is 6.92 Å². The van der Waals surface area contributed by atoms with E-state index in [0.29, 0.717) is 0 Å². The molecule has 0 heterocycles. The number of amides is 2. The number of hydrogen-bond donors (Lipinski definition) is 2. The maximum atomic E-state index is 14.6. The molecule has 2 N–H and O–H groups in total. The standard InChI is InChI=1S/C36H56N2O6/c1-10-44-27(40)21-37-30(42)38-26-12-13-34(6)25(31(26,2)3)11-14-36(8)28(34)24(39)19-22-23-20-33(5,29(41)43-9)16-15-32(23,4)17-18-35(22,36)7/h19,23,25-26,28H,10-18,20-21H2,1-9H3,(H2,37,38,42)/t23?,25?,26?,28?,32-,33+,34+,35-,36-/m1/s1. The Kier molecular flexibility index (Phi) is 8.15. The summed E-state index contributed by atoms with van der Waals surface area (Å²) in [5, 5.41) is 5.82. The summed E-state index contributed by atoms with van der Waals surface area (Å²) in [5.74, 6) is 0.0274. The molecular formula is C36H56N2O6. The van der Waals surface area contributed by atoms with E-state index in [4.69, 9.17) is 9.47 Å². The Labute approximate surface area is 264 Å². The summed E-state index contributed by atoms with van der Waals surface area (Å²) in [7, 11) is 1.49. The van der Waals surface area contributed by atoms with E-state index in [1.165, 1.54) is 12.7 Å². The first-order valence-electron chi connectivity index (χ1n) is 17.0. The van der Waals surface area contributed by atoms with Gasteiger partial charge < -0.3 is 20.1 Å². The summed E-state index contributed by atoms with van der Waals surface area (Å²) < 4.78 is 10.2. The highest BCUT2D eigenvalue weighted by Gasteiger charge is 2.70. The predicted molar refractivity (Wildman–Crippen MR) is 168 cm³/mol. The lowest BCUT2D eigenvalue weighted by Crippen LogP contribution is -2.68. The van der Waals surface area contributed by atoms with Gasteiger partial charge >= 0.3 is 18.0 Å². The van der Waals surface area contributed by atoms with Crippen molar-refractivity contribution in [1.82, 2.24) is 10.6 Å². The lowest BCUT2D eigenvalue weighted by Gasteiger charge is -2.70. The Morgan fingerprint density at radius 1 is 0.932 bits per heavy atom. The summed E-state index contributed by atoms with van der Waals surface area (Å²) in [6, 6.07) is -0.424. The minimum Gasteiger partial charge on any atom is -0.469 e. The third kappa shape index (κ3) is 4.74. The first-order chi connectivity index (χ1) is 20.4. The normalized spacial score (nSPS) is 44.0. The van der Waals surface area contributed by atoms with Gasteiger partial charge in [0.25, 0.3) is 0 Å². The number of nitrogens with one attached hydrogen (secondary N) is 2. The number of esters is 2. The lowest BCUT2D eigenvalue weighted by molar-refractivity contribution is -0.189. The molecule has 0 bridgehead atoms. The summed E-state index contributed by atoms with van der Waals surface area (Å²) >= 11 is 0. The second-order valence-electron chi connectivity index (χ2n) is 16.8. The molecule has 4 unspecified atom stereocenters. The zero-order valence-corrected chi connectivity index (χ0v) is 28.6. The van der Waals surface area contributed by atoms with Crippen molar-refractivity contribution >= 4 is 23.8 Å². The predicted octanol–water partition coefficient (Wildman–Crippen LogP) is 6.37. The van der Waals surface area contributed by atoms with E-state index < -0.39 is 11.4 Å². The van der Waals surface area contributed by atoms with Gasteiger partial charge in [-0.3, -0.25) is 14.4 Å². The van der Waals surface area contributed by atoms with Crippen LogP contribution < -0.4 is 10.6 Å². The number of allylic oxidation sites excluding steroid dienone is 2. The topological polar surface area (TPSA) is 111 Å². The number of rotatable bonds is 5. The second-order valence-corrected chi connectivity index (χ2v) is 16.8. The third-order valence-corrected chi connectivity index (χ3v) is 14.3. The molecule has 0 saturated heterocycles. The van der Waals surface area contributed by atoms with Crippen molar-refractivity contribution in [2.75, 3.05) is 20.3 Å². The maximum Gasteiger partial charge on any atom is 0.325 e. The molecule has 0 spiro atoms. The molecule has 5 aliphatic rings. The third-order valence-electron chi connectivity index (χ3n) is 14.3. The number of ether oxygens (including phenoxy) is 2. The van der Waals surface area contributed by atoms with Gasteiger partial charge in [0, 0.05) is 12.0 Å². The molecule has 44 heavy (non-hydrogen) atoms. The number of carbonyl (C=O) groups is 4. The summed E-state index contributed by atoms with van der Waals surface area (Å²) in [5.41, 5.74) is 0.102. The van der Waals surface area contributed by atoms with Crippen LogP contribution >= 0.6 is 0 Å². The quantitative estimate of drug-likeness (QED) is 0.349. The van der Waals surface area contributed by atoms with Crippen molar-refractivity contribution in [2.24, 2.45) is 50.2 Å². The molecule has 4 saturated carbocycles. The molecule has 9 atom stereocenters. The first kappa shape index (κ1) is 33.0. The molecule has 2 amide bonds. The van der Waals surface area contributed by atoms with Crippen LogP contribution in [-0.4, -0.2) is 50.1 Å². The second kappa shape index (κ2) is 10.9. The number of urea groups is 1. The van der Waals surface area contributed by atoms with Gasteiger partial charge in [-0.15, -0.1) is 0 Å². The van der Waals surface area contributed by atoms with Crippen molar-refractivity contribution in [1.29, 1.82) is 0 Å². The highest BCUT2D eigenvalue weighted by Crippen LogP contribution is 2.75. The fraction of sp³-hybridized carbons (Fsp3) is 0.833. The fourth-order valence-electron chi connectivity index (χ4n) is 11.5. The number of methoxy groups -OCH3 is 1. The zero-order valence-electron chi connectivity index (χ0n) is 28.6. The Hall–Kier alpha value is -2.38. The molecule has 0 aromatic carbocycles. The van der Waals surface area contributed by atoms with Crippen LogP contribution in [-0.2, 0) is 23.9 Å². The van der Waals surface area contributed by atoms with Crippen LogP contribution in [0.15, 0.2) is 11.6 Å². The van der Waals surface area contributed by atoms with Gasteiger partial charge in [-0.25, -0.2) is 4.79 Å². The van der Waals surface area contributed by atoms with Gasteiger partial charge in [0.1, 0.15) is 6.54 Å². The van der Waals surface area contributed by atoms with Crippen molar-refractivity contribution in [3.05, 3.63) is 11.6 Å². The van der Waals surface area contributed by atoms with Crippen molar-refractivity contribution in [3.63, 3.8) is 0 Å². The van der Waals surface area contributed by atoms with Crippen molar-refractivity contribution in [2.45, 2.75) is 119 Å². The Morgan fingerprint density at radius 3 is 2.27 bits per heavy atom. The summed E-state index contributed by atoms with van der Waals surface area (Å²) in [6.45, 7) is 18.0. The molecule has 246 valence electrons. The SMILES string of the molecule is CCOC(=O)CNC(=O)NC1CC[C@@]2(C)C(CC[C@]3(C)C2C(=O)C=C2C4C[C@@](C)(C(=O)OC)CC[C@]4(C)CC[C@]23C)C1(C)C. The zero-order chi connectivity index (χ0) is 32.5. The van der Waals surface area contributed by atoms with Gasteiger partial charge in [-0.2, -0.15) is 0 Å².